The molecule has 4 aromatic rings. The molecular weight excluding hydrogens is 504 g/mol. The first kappa shape index (κ1) is 24.9. The fourth-order valence-electron chi connectivity index (χ4n) is 6.18. The minimum Gasteiger partial charge on any atom is -0.508 e. The van der Waals surface area contributed by atoms with E-state index in [-0.39, 0.29) is 23.4 Å². The maximum atomic E-state index is 13.1. The van der Waals surface area contributed by atoms with Crippen molar-refractivity contribution in [3.8, 4) is 16.9 Å². The molecular formula is C29H29ClN4O4. The third-order valence-corrected chi connectivity index (χ3v) is 7.81. The number of hydrogen-bond acceptors (Lipinski definition) is 6. The predicted octanol–water partition coefficient (Wildman–Crippen LogP) is 3.75. The molecule has 3 heterocycles. The van der Waals surface area contributed by atoms with Gasteiger partial charge in [0, 0.05) is 58.6 Å². The standard InChI is InChI=1S/C29H29ClN4O4/c1-15-11-33(12-16(2)31-15)13-18(36)14-34-23-8-7-17(35)9-21(23)25-24(34)10-20(19-5-3-4-6-22(19)30)26-27(25)29(38)32-28(26)37/h3-10,15-16,18,31,35-36H,11-14H2,1-2H3,(H,32,37,38)/t15-,16+,18?. The number of aliphatic hydroxyl groups is 1. The summed E-state index contributed by atoms with van der Waals surface area (Å²) >= 11 is 6.54. The quantitative estimate of drug-likeness (QED) is 0.292. The number of nitrogens with zero attached hydrogens (tertiary/aromatic N) is 2. The Hall–Kier alpha value is -3.43. The zero-order valence-corrected chi connectivity index (χ0v) is 21.9. The molecule has 38 heavy (non-hydrogen) atoms. The number of β-amino-alcohol motifs (C(OH)–C–C–N with tert-alkyl or cyclic N) is 1. The SMILES string of the molecule is C[C@@H]1CN(CC(O)Cn2c3ccc(O)cc3c3c4c(c(-c5ccccc5Cl)cc32)C(=O)NC4=O)C[C@H](C)N1. The first-order valence-corrected chi connectivity index (χ1v) is 13.2. The Balaban J connectivity index is 1.54. The van der Waals surface area contributed by atoms with Crippen LogP contribution in [0.25, 0.3) is 32.9 Å². The number of aromatic hydroxyl groups is 1. The average molecular weight is 533 g/mol. The van der Waals surface area contributed by atoms with Crippen molar-refractivity contribution in [2.75, 3.05) is 19.6 Å². The van der Waals surface area contributed by atoms with Gasteiger partial charge >= 0.3 is 0 Å². The summed E-state index contributed by atoms with van der Waals surface area (Å²) in [7, 11) is 0. The van der Waals surface area contributed by atoms with Gasteiger partial charge < -0.3 is 20.1 Å². The third kappa shape index (κ3) is 4.14. The van der Waals surface area contributed by atoms with Gasteiger partial charge in [0.25, 0.3) is 11.8 Å². The van der Waals surface area contributed by atoms with E-state index in [4.69, 9.17) is 11.6 Å². The number of rotatable bonds is 5. The van der Waals surface area contributed by atoms with E-state index in [1.54, 1.807) is 24.3 Å². The number of aliphatic hydroxyl groups excluding tert-OH is 1. The Morgan fingerprint density at radius 2 is 1.66 bits per heavy atom. The summed E-state index contributed by atoms with van der Waals surface area (Å²) in [6.45, 7) is 6.73. The van der Waals surface area contributed by atoms with Crippen molar-refractivity contribution in [1.29, 1.82) is 0 Å². The number of nitrogens with one attached hydrogen (secondary N) is 2. The minimum atomic E-state index is -0.687. The van der Waals surface area contributed by atoms with Crippen LogP contribution < -0.4 is 10.6 Å². The normalized spacial score (nSPS) is 20.7. The third-order valence-electron chi connectivity index (χ3n) is 7.48. The molecule has 0 radical (unpaired) electrons. The number of fused-ring (bicyclic) bond motifs is 5. The molecule has 0 aliphatic carbocycles. The second kappa shape index (κ2) is 9.39. The Morgan fingerprint density at radius 1 is 0.947 bits per heavy atom. The molecule has 6 rings (SSSR count). The maximum Gasteiger partial charge on any atom is 0.259 e. The molecule has 3 atom stereocenters. The highest BCUT2D eigenvalue weighted by Crippen LogP contribution is 2.42. The average Bonchev–Trinajstić information content (AvgIpc) is 3.31. The molecule has 1 aromatic heterocycles. The Bertz CT molecular complexity index is 1600. The molecule has 2 amide bonds. The summed E-state index contributed by atoms with van der Waals surface area (Å²) < 4.78 is 1.97. The highest BCUT2D eigenvalue weighted by atomic mass is 35.5. The molecule has 2 aliphatic rings. The number of amides is 2. The molecule has 1 unspecified atom stereocenters. The smallest absolute Gasteiger partial charge is 0.259 e. The number of carbonyl (C=O) groups excluding carboxylic acids is 2. The van der Waals surface area contributed by atoms with Crippen LogP contribution in [0.1, 0.15) is 34.6 Å². The number of aromatic nitrogens is 1. The first-order chi connectivity index (χ1) is 18.2. The van der Waals surface area contributed by atoms with Gasteiger partial charge in [-0.2, -0.15) is 0 Å². The van der Waals surface area contributed by atoms with Gasteiger partial charge in [-0.15, -0.1) is 0 Å². The summed E-state index contributed by atoms with van der Waals surface area (Å²) in [4.78, 5) is 28.4. The number of halogens is 1. The van der Waals surface area contributed by atoms with Gasteiger partial charge in [0.15, 0.2) is 0 Å². The minimum absolute atomic E-state index is 0.0505. The number of imide groups is 1. The van der Waals surface area contributed by atoms with E-state index in [1.165, 1.54) is 0 Å². The van der Waals surface area contributed by atoms with Crippen molar-refractivity contribution >= 4 is 45.2 Å². The summed E-state index contributed by atoms with van der Waals surface area (Å²) in [5, 5.41) is 29.2. The lowest BCUT2D eigenvalue weighted by Gasteiger charge is -2.37. The molecule has 8 nitrogen and oxygen atoms in total. The molecule has 1 fully saturated rings. The molecule has 3 aromatic carbocycles. The highest BCUT2D eigenvalue weighted by Gasteiger charge is 2.35. The zero-order chi connectivity index (χ0) is 26.7. The van der Waals surface area contributed by atoms with Crippen LogP contribution >= 0.6 is 11.6 Å². The second-order valence-electron chi connectivity index (χ2n) is 10.5. The van der Waals surface area contributed by atoms with Gasteiger partial charge in [-0.05, 0) is 49.7 Å². The van der Waals surface area contributed by atoms with Crippen molar-refractivity contribution < 1.29 is 19.8 Å². The Labute approximate surface area is 224 Å². The molecule has 4 N–H and O–H groups in total. The van der Waals surface area contributed by atoms with E-state index in [0.717, 1.165) is 18.6 Å². The fourth-order valence-corrected chi connectivity index (χ4v) is 6.42. The molecule has 0 bridgehead atoms. The molecule has 9 heteroatoms. The fraction of sp³-hybridized carbons (Fsp3) is 0.310. The van der Waals surface area contributed by atoms with Crippen LogP contribution in [-0.2, 0) is 6.54 Å². The first-order valence-electron chi connectivity index (χ1n) is 12.8. The van der Waals surface area contributed by atoms with Crippen molar-refractivity contribution in [3.05, 3.63) is 64.7 Å². The lowest BCUT2D eigenvalue weighted by molar-refractivity contribution is 0.0757. The second-order valence-corrected chi connectivity index (χ2v) is 10.9. The predicted molar refractivity (Wildman–Crippen MR) is 148 cm³/mol. The highest BCUT2D eigenvalue weighted by molar-refractivity contribution is 6.36. The molecule has 2 aliphatic heterocycles. The van der Waals surface area contributed by atoms with E-state index in [9.17, 15) is 19.8 Å². The van der Waals surface area contributed by atoms with Crippen molar-refractivity contribution in [2.24, 2.45) is 0 Å². The Morgan fingerprint density at radius 3 is 2.39 bits per heavy atom. The summed E-state index contributed by atoms with van der Waals surface area (Å²) in [5.41, 5.74) is 3.16. The Kier molecular flexibility index (Phi) is 6.15. The van der Waals surface area contributed by atoms with Crippen molar-refractivity contribution in [2.45, 2.75) is 38.6 Å². The molecule has 196 valence electrons. The number of phenolic OH excluding ortho intramolecular Hbond substituents is 1. The van der Waals surface area contributed by atoms with Gasteiger partial charge in [0.1, 0.15) is 5.75 Å². The lowest BCUT2D eigenvalue weighted by Crippen LogP contribution is -2.55. The van der Waals surface area contributed by atoms with E-state index >= 15 is 0 Å². The van der Waals surface area contributed by atoms with Crippen LogP contribution in [0.2, 0.25) is 5.02 Å². The van der Waals surface area contributed by atoms with Crippen LogP contribution in [-0.4, -0.2) is 69.3 Å². The van der Waals surface area contributed by atoms with Gasteiger partial charge in [-0.25, -0.2) is 0 Å². The van der Waals surface area contributed by atoms with Gasteiger partial charge in [-0.3, -0.25) is 19.8 Å². The number of hydrogen-bond donors (Lipinski definition) is 4. The van der Waals surface area contributed by atoms with Crippen LogP contribution in [0, 0.1) is 0 Å². The van der Waals surface area contributed by atoms with E-state index in [1.807, 2.05) is 28.8 Å². The molecule has 0 spiro atoms. The molecule has 0 saturated carbocycles. The monoisotopic (exact) mass is 532 g/mol. The molecule has 1 saturated heterocycles. The number of carbonyl (C=O) groups is 2. The van der Waals surface area contributed by atoms with Gasteiger partial charge in [0.2, 0.25) is 0 Å². The lowest BCUT2D eigenvalue weighted by atomic mass is 9.93. The number of piperazine rings is 1. The number of phenols is 1. The van der Waals surface area contributed by atoms with Crippen molar-refractivity contribution in [1.82, 2.24) is 20.1 Å². The number of benzene rings is 3. The topological polar surface area (TPSA) is 107 Å². The summed E-state index contributed by atoms with van der Waals surface area (Å²) in [5.74, 6) is -0.921. The van der Waals surface area contributed by atoms with Crippen LogP contribution in [0.5, 0.6) is 5.75 Å². The largest absolute Gasteiger partial charge is 0.508 e. The zero-order valence-electron chi connectivity index (χ0n) is 21.2. The van der Waals surface area contributed by atoms with Gasteiger partial charge in [-0.1, -0.05) is 29.8 Å². The van der Waals surface area contributed by atoms with Crippen LogP contribution in [0.15, 0.2) is 48.5 Å². The van der Waals surface area contributed by atoms with Crippen LogP contribution in [0.3, 0.4) is 0 Å². The van der Waals surface area contributed by atoms with E-state index < -0.39 is 17.9 Å². The summed E-state index contributed by atoms with van der Waals surface area (Å²) in [6, 6.07) is 14.7. The van der Waals surface area contributed by atoms with E-state index in [0.29, 0.717) is 51.1 Å². The van der Waals surface area contributed by atoms with Crippen LogP contribution in [0.4, 0.5) is 0 Å². The maximum absolute atomic E-state index is 13.1. The van der Waals surface area contributed by atoms with Crippen molar-refractivity contribution in [3.63, 3.8) is 0 Å². The van der Waals surface area contributed by atoms with E-state index in [2.05, 4.69) is 29.4 Å². The van der Waals surface area contributed by atoms with Gasteiger partial charge in [0.05, 0.1) is 29.3 Å². The summed E-state index contributed by atoms with van der Waals surface area (Å²) in [6.07, 6.45) is -0.687.